The van der Waals surface area contributed by atoms with Crippen LogP contribution in [-0.4, -0.2) is 36.9 Å². The summed E-state index contributed by atoms with van der Waals surface area (Å²) in [7, 11) is 0. The summed E-state index contributed by atoms with van der Waals surface area (Å²) in [6.45, 7) is 9.82. The molecule has 0 bridgehead atoms. The van der Waals surface area contributed by atoms with E-state index >= 15 is 0 Å². The van der Waals surface area contributed by atoms with Crippen LogP contribution in [0, 0.1) is 17.2 Å². The Bertz CT molecular complexity index is 811. The van der Waals surface area contributed by atoms with E-state index in [1.807, 2.05) is 30.5 Å². The van der Waals surface area contributed by atoms with Gasteiger partial charge < -0.3 is 5.32 Å². The lowest BCUT2D eigenvalue weighted by Crippen LogP contribution is -2.49. The maximum absolute atomic E-state index is 12.3. The molecule has 0 saturated heterocycles. The van der Waals surface area contributed by atoms with Gasteiger partial charge in [0.05, 0.1) is 11.8 Å². The Kier molecular flexibility index (Phi) is 6.52. The van der Waals surface area contributed by atoms with Gasteiger partial charge in [-0.05, 0) is 25.0 Å². The van der Waals surface area contributed by atoms with Crippen LogP contribution in [0.15, 0.2) is 42.3 Å². The Balaban J connectivity index is 2.13. The Morgan fingerprint density at radius 3 is 2.73 bits per heavy atom. The molecular weight excluding hydrogens is 348 g/mol. The summed E-state index contributed by atoms with van der Waals surface area (Å²) in [6, 6.07) is 5.88. The standard InChI is InChI=1S/C18H22N6OS/c1-5-10-24-16(14-6-8-20-9-7-14)22-23-17(24)26-11-15(25)21-18(4,12-19)13(2)3/h5-9,13H,1,10-11H2,2-4H3,(H,21,25)/t18-/m1/s1. The Labute approximate surface area is 157 Å². The smallest absolute Gasteiger partial charge is 0.231 e. The highest BCUT2D eigenvalue weighted by atomic mass is 32.2. The van der Waals surface area contributed by atoms with Crippen LogP contribution < -0.4 is 5.32 Å². The molecule has 0 aliphatic rings. The second kappa shape index (κ2) is 8.63. The maximum atomic E-state index is 12.3. The molecule has 0 aliphatic carbocycles. The van der Waals surface area contributed by atoms with Gasteiger partial charge in [0.25, 0.3) is 0 Å². The van der Waals surface area contributed by atoms with Crippen LogP contribution in [0.4, 0.5) is 0 Å². The van der Waals surface area contributed by atoms with Crippen molar-refractivity contribution in [2.45, 2.75) is 38.0 Å². The molecule has 0 fully saturated rings. The number of allylic oxidation sites excluding steroid dienone is 1. The molecule has 26 heavy (non-hydrogen) atoms. The number of carbonyl (C=O) groups is 1. The van der Waals surface area contributed by atoms with Crippen molar-refractivity contribution in [3.63, 3.8) is 0 Å². The summed E-state index contributed by atoms with van der Waals surface area (Å²) in [4.78, 5) is 16.3. The van der Waals surface area contributed by atoms with E-state index in [0.717, 1.165) is 5.56 Å². The van der Waals surface area contributed by atoms with Crippen molar-refractivity contribution in [2.24, 2.45) is 5.92 Å². The Morgan fingerprint density at radius 2 is 2.15 bits per heavy atom. The lowest BCUT2D eigenvalue weighted by atomic mass is 9.90. The lowest BCUT2D eigenvalue weighted by molar-refractivity contribution is -0.120. The number of nitriles is 1. The first-order valence-corrected chi connectivity index (χ1v) is 9.19. The predicted molar refractivity (Wildman–Crippen MR) is 101 cm³/mol. The summed E-state index contributed by atoms with van der Waals surface area (Å²) < 4.78 is 1.90. The van der Waals surface area contributed by atoms with Crippen LogP contribution >= 0.6 is 11.8 Å². The molecule has 1 atom stereocenters. The van der Waals surface area contributed by atoms with Crippen molar-refractivity contribution in [3.8, 4) is 17.5 Å². The average molecular weight is 370 g/mol. The van der Waals surface area contributed by atoms with Crippen molar-refractivity contribution in [1.82, 2.24) is 25.1 Å². The van der Waals surface area contributed by atoms with Gasteiger partial charge in [-0.25, -0.2) is 0 Å². The largest absolute Gasteiger partial charge is 0.337 e. The van der Waals surface area contributed by atoms with Crippen LogP contribution in [-0.2, 0) is 11.3 Å². The highest BCUT2D eigenvalue weighted by Crippen LogP contribution is 2.24. The van der Waals surface area contributed by atoms with Gasteiger partial charge in [0.2, 0.25) is 5.91 Å². The van der Waals surface area contributed by atoms with E-state index in [9.17, 15) is 10.1 Å². The molecule has 0 aliphatic heterocycles. The van der Waals surface area contributed by atoms with Crippen LogP contribution in [0.2, 0.25) is 0 Å². The van der Waals surface area contributed by atoms with Gasteiger partial charge in [-0.2, -0.15) is 5.26 Å². The minimum Gasteiger partial charge on any atom is -0.337 e. The fraction of sp³-hybridized carbons (Fsp3) is 0.389. The monoisotopic (exact) mass is 370 g/mol. The molecule has 2 aromatic rings. The third-order valence-electron chi connectivity index (χ3n) is 4.09. The zero-order valence-electron chi connectivity index (χ0n) is 15.1. The first-order chi connectivity index (χ1) is 12.4. The van der Waals surface area contributed by atoms with Gasteiger partial charge in [-0.3, -0.25) is 14.3 Å². The number of aromatic nitrogens is 4. The Morgan fingerprint density at radius 1 is 1.46 bits per heavy atom. The molecule has 0 unspecified atom stereocenters. The number of nitrogens with zero attached hydrogens (tertiary/aromatic N) is 5. The van der Waals surface area contributed by atoms with Crippen molar-refractivity contribution in [2.75, 3.05) is 5.75 Å². The second-order valence-corrected chi connectivity index (χ2v) is 7.19. The fourth-order valence-corrected chi connectivity index (χ4v) is 2.91. The van der Waals surface area contributed by atoms with E-state index in [4.69, 9.17) is 0 Å². The van der Waals surface area contributed by atoms with Crippen LogP contribution in [0.3, 0.4) is 0 Å². The third kappa shape index (κ3) is 4.49. The molecule has 7 nitrogen and oxygen atoms in total. The first-order valence-electron chi connectivity index (χ1n) is 8.21. The fourth-order valence-electron chi connectivity index (χ4n) is 2.16. The molecule has 8 heteroatoms. The van der Waals surface area contributed by atoms with Crippen molar-refractivity contribution in [3.05, 3.63) is 37.2 Å². The zero-order valence-corrected chi connectivity index (χ0v) is 16.0. The molecule has 0 saturated carbocycles. The van der Waals surface area contributed by atoms with E-state index in [2.05, 4.69) is 33.1 Å². The lowest BCUT2D eigenvalue weighted by Gasteiger charge is -2.27. The molecule has 1 amide bonds. The number of hydrogen-bond donors (Lipinski definition) is 1. The van der Waals surface area contributed by atoms with Crippen molar-refractivity contribution < 1.29 is 4.79 Å². The molecule has 2 aromatic heterocycles. The van der Waals surface area contributed by atoms with Crippen LogP contribution in [0.25, 0.3) is 11.4 Å². The number of hydrogen-bond acceptors (Lipinski definition) is 6. The summed E-state index contributed by atoms with van der Waals surface area (Å²) in [5, 5.41) is 21.2. The zero-order chi connectivity index (χ0) is 19.2. The molecule has 0 aromatic carbocycles. The Hall–Kier alpha value is -2.66. The van der Waals surface area contributed by atoms with Gasteiger partial charge in [0, 0.05) is 24.5 Å². The number of thioether (sulfide) groups is 1. The van der Waals surface area contributed by atoms with Crippen molar-refractivity contribution in [1.29, 1.82) is 5.26 Å². The average Bonchev–Trinajstić information content (AvgIpc) is 3.03. The number of nitrogens with one attached hydrogen (secondary N) is 1. The van der Waals surface area contributed by atoms with Crippen LogP contribution in [0.5, 0.6) is 0 Å². The maximum Gasteiger partial charge on any atom is 0.231 e. The molecule has 0 radical (unpaired) electrons. The van der Waals surface area contributed by atoms with E-state index in [0.29, 0.717) is 17.5 Å². The van der Waals surface area contributed by atoms with Gasteiger partial charge in [0.15, 0.2) is 11.0 Å². The molecule has 136 valence electrons. The minimum atomic E-state index is -0.894. The van der Waals surface area contributed by atoms with Gasteiger partial charge in [-0.15, -0.1) is 16.8 Å². The molecular formula is C18H22N6OS. The number of amides is 1. The van der Waals surface area contributed by atoms with E-state index in [1.54, 1.807) is 25.4 Å². The SMILES string of the molecule is C=CCn1c(SCC(=O)N[C@](C)(C#N)C(C)C)nnc1-c1ccncc1. The second-order valence-electron chi connectivity index (χ2n) is 6.25. The van der Waals surface area contributed by atoms with E-state index < -0.39 is 5.54 Å². The number of pyridine rings is 1. The summed E-state index contributed by atoms with van der Waals surface area (Å²) in [5.74, 6) is 0.630. The third-order valence-corrected chi connectivity index (χ3v) is 5.05. The summed E-state index contributed by atoms with van der Waals surface area (Å²) in [6.07, 6.45) is 5.14. The summed E-state index contributed by atoms with van der Waals surface area (Å²) in [5.41, 5.74) is -0.00300. The van der Waals surface area contributed by atoms with Gasteiger partial charge >= 0.3 is 0 Å². The highest BCUT2D eigenvalue weighted by Gasteiger charge is 2.30. The van der Waals surface area contributed by atoms with Gasteiger partial charge in [0.1, 0.15) is 5.54 Å². The van der Waals surface area contributed by atoms with E-state index in [1.165, 1.54) is 11.8 Å². The molecule has 1 N–H and O–H groups in total. The number of rotatable bonds is 8. The van der Waals surface area contributed by atoms with Crippen LogP contribution in [0.1, 0.15) is 20.8 Å². The van der Waals surface area contributed by atoms with Crippen molar-refractivity contribution >= 4 is 17.7 Å². The highest BCUT2D eigenvalue weighted by molar-refractivity contribution is 7.99. The summed E-state index contributed by atoms with van der Waals surface area (Å²) >= 11 is 1.28. The molecule has 0 spiro atoms. The number of carbonyl (C=O) groups excluding carboxylic acids is 1. The normalized spacial score (nSPS) is 13.0. The van der Waals surface area contributed by atoms with E-state index in [-0.39, 0.29) is 17.6 Å². The molecule has 2 rings (SSSR count). The quantitative estimate of drug-likeness (QED) is 0.567. The minimum absolute atomic E-state index is 0.00385. The predicted octanol–water partition coefficient (Wildman–Crippen LogP) is 2.67. The molecule has 2 heterocycles. The van der Waals surface area contributed by atoms with Gasteiger partial charge in [-0.1, -0.05) is 31.7 Å². The topological polar surface area (TPSA) is 96.5 Å². The first kappa shape index (κ1) is 19.7.